The first-order valence-electron chi connectivity index (χ1n) is 8.36. The maximum atomic E-state index is 11.7. The van der Waals surface area contributed by atoms with Crippen molar-refractivity contribution in [1.82, 2.24) is 5.16 Å². The average molecular weight is 394 g/mol. The number of rotatable bonds is 9. The zero-order valence-corrected chi connectivity index (χ0v) is 14.6. The van der Waals surface area contributed by atoms with Gasteiger partial charge in [0.1, 0.15) is 6.10 Å². The maximum Gasteiger partial charge on any atom is 0.402 e. The van der Waals surface area contributed by atoms with Crippen LogP contribution in [0.5, 0.6) is 5.88 Å². The van der Waals surface area contributed by atoms with Crippen LogP contribution in [0, 0.1) is 5.21 Å². The van der Waals surface area contributed by atoms with Crippen molar-refractivity contribution in [2.24, 2.45) is 0 Å². The Morgan fingerprint density at radius 3 is 2.68 bits per heavy atom. The third-order valence-electron chi connectivity index (χ3n) is 3.86. The summed E-state index contributed by atoms with van der Waals surface area (Å²) in [5.74, 6) is -1.94. The van der Waals surface area contributed by atoms with Crippen molar-refractivity contribution >= 4 is 5.97 Å². The van der Waals surface area contributed by atoms with Gasteiger partial charge in [-0.25, -0.2) is 4.79 Å². The van der Waals surface area contributed by atoms with Crippen LogP contribution in [0.15, 0.2) is 46.5 Å². The van der Waals surface area contributed by atoms with Crippen molar-refractivity contribution in [3.63, 3.8) is 0 Å². The van der Waals surface area contributed by atoms with Crippen molar-refractivity contribution in [3.8, 4) is 17.1 Å². The van der Waals surface area contributed by atoms with E-state index in [4.69, 9.17) is 19.3 Å². The Morgan fingerprint density at radius 2 is 1.96 bits per heavy atom. The van der Waals surface area contributed by atoms with Gasteiger partial charge in [0.15, 0.2) is 11.9 Å². The van der Waals surface area contributed by atoms with E-state index in [2.05, 4.69) is 9.79 Å². The standard InChI is InChI=1S/C17H18N2O9/c20-9-11(21)14-13(22)15(17(23)27-14)25-7-4-8-26-16-12(19(24)28-18-16)10-5-2-1-3-6-10/h1-3,5-6,11,14,20-22H,4,7-9H2. The fraction of sp³-hybridized carbons (Fsp3) is 0.353. The molecule has 0 fully saturated rings. The molecule has 1 aromatic heterocycles. The van der Waals surface area contributed by atoms with Crippen LogP contribution in [0.2, 0.25) is 0 Å². The lowest BCUT2D eigenvalue weighted by Gasteiger charge is -2.13. The van der Waals surface area contributed by atoms with Gasteiger partial charge in [0.2, 0.25) is 5.76 Å². The number of hydrogen-bond donors (Lipinski definition) is 3. The first kappa shape index (κ1) is 19.5. The lowest BCUT2D eigenvalue weighted by Crippen LogP contribution is -2.31. The van der Waals surface area contributed by atoms with E-state index in [0.29, 0.717) is 5.56 Å². The first-order chi connectivity index (χ1) is 13.5. The predicted octanol–water partition coefficient (Wildman–Crippen LogP) is -0.191. The molecule has 3 N–H and O–H groups in total. The third-order valence-corrected chi connectivity index (χ3v) is 3.86. The molecule has 0 aliphatic carbocycles. The van der Waals surface area contributed by atoms with E-state index in [1.807, 2.05) is 0 Å². The fourth-order valence-electron chi connectivity index (χ4n) is 2.51. The summed E-state index contributed by atoms with van der Waals surface area (Å²) in [6, 6.07) is 8.71. The Labute approximate surface area is 158 Å². The van der Waals surface area contributed by atoms with Gasteiger partial charge in [-0.15, -0.1) is 0 Å². The topological polar surface area (TPSA) is 158 Å². The minimum Gasteiger partial charge on any atom is -0.505 e. The second kappa shape index (κ2) is 8.59. The van der Waals surface area contributed by atoms with E-state index in [0.717, 1.165) is 0 Å². The molecule has 0 spiro atoms. The van der Waals surface area contributed by atoms with Crippen LogP contribution in [0.3, 0.4) is 0 Å². The average Bonchev–Trinajstić information content (AvgIpc) is 3.21. The molecule has 2 unspecified atom stereocenters. The number of aliphatic hydroxyl groups is 3. The van der Waals surface area contributed by atoms with Crippen molar-refractivity contribution < 1.29 is 43.9 Å². The molecule has 2 atom stereocenters. The van der Waals surface area contributed by atoms with Crippen LogP contribution in [-0.2, 0) is 14.3 Å². The van der Waals surface area contributed by atoms with Gasteiger partial charge in [0.05, 0.1) is 25.0 Å². The molecular formula is C17H18N2O9. The van der Waals surface area contributed by atoms with E-state index >= 15 is 0 Å². The number of benzene rings is 1. The highest BCUT2D eigenvalue weighted by Gasteiger charge is 2.40. The minimum atomic E-state index is -1.45. The number of carbonyl (C=O) groups excluding carboxylic acids is 1. The van der Waals surface area contributed by atoms with Gasteiger partial charge in [-0.2, -0.15) is 0 Å². The van der Waals surface area contributed by atoms with Gasteiger partial charge < -0.3 is 34.7 Å². The van der Waals surface area contributed by atoms with Crippen molar-refractivity contribution in [1.29, 1.82) is 0 Å². The normalized spacial score (nSPS) is 17.5. The summed E-state index contributed by atoms with van der Waals surface area (Å²) in [6.45, 7) is -0.630. The molecular weight excluding hydrogens is 376 g/mol. The highest BCUT2D eigenvalue weighted by Crippen LogP contribution is 2.25. The van der Waals surface area contributed by atoms with E-state index < -0.39 is 36.3 Å². The minimum absolute atomic E-state index is 0.00895. The third kappa shape index (κ3) is 4.00. The lowest BCUT2D eigenvalue weighted by molar-refractivity contribution is -0.793. The molecule has 11 nitrogen and oxygen atoms in total. The van der Waals surface area contributed by atoms with Crippen molar-refractivity contribution in [2.45, 2.75) is 18.6 Å². The number of aromatic nitrogens is 2. The van der Waals surface area contributed by atoms with E-state index in [1.54, 1.807) is 30.3 Å². The largest absolute Gasteiger partial charge is 0.505 e. The summed E-state index contributed by atoms with van der Waals surface area (Å²) in [6.07, 6.45) is -2.53. The second-order valence-electron chi connectivity index (χ2n) is 5.79. The molecule has 1 aliphatic heterocycles. The lowest BCUT2D eigenvalue weighted by atomic mass is 10.2. The Morgan fingerprint density at radius 1 is 1.25 bits per heavy atom. The van der Waals surface area contributed by atoms with Gasteiger partial charge in [-0.1, -0.05) is 30.3 Å². The maximum absolute atomic E-state index is 11.7. The predicted molar refractivity (Wildman–Crippen MR) is 89.6 cm³/mol. The van der Waals surface area contributed by atoms with E-state index in [-0.39, 0.29) is 36.1 Å². The van der Waals surface area contributed by atoms with Gasteiger partial charge in [-0.05, 0) is 4.90 Å². The zero-order valence-electron chi connectivity index (χ0n) is 14.6. The monoisotopic (exact) mass is 394 g/mol. The number of ether oxygens (including phenoxy) is 3. The summed E-state index contributed by atoms with van der Waals surface area (Å²) in [5.41, 5.74) is 0.698. The van der Waals surface area contributed by atoms with E-state index in [9.17, 15) is 20.2 Å². The van der Waals surface area contributed by atoms with Crippen LogP contribution in [-0.4, -0.2) is 58.5 Å². The Bertz CT molecular complexity index is 850. The van der Waals surface area contributed by atoms with Crippen LogP contribution in [0.1, 0.15) is 6.42 Å². The summed E-state index contributed by atoms with van der Waals surface area (Å²) in [7, 11) is 0. The van der Waals surface area contributed by atoms with Gasteiger partial charge in [-0.3, -0.25) is 4.63 Å². The molecule has 0 amide bonds. The van der Waals surface area contributed by atoms with Crippen LogP contribution >= 0.6 is 0 Å². The number of hydrogen-bond acceptors (Lipinski definition) is 10. The molecule has 0 saturated heterocycles. The Balaban J connectivity index is 1.52. The fourth-order valence-corrected chi connectivity index (χ4v) is 2.51. The summed E-state index contributed by atoms with van der Waals surface area (Å²) in [5, 5.41) is 43.5. The molecule has 2 heterocycles. The molecule has 2 aromatic rings. The molecule has 11 heteroatoms. The van der Waals surface area contributed by atoms with Crippen LogP contribution < -0.4 is 9.64 Å². The molecule has 1 aromatic carbocycles. The van der Waals surface area contributed by atoms with Crippen molar-refractivity contribution in [3.05, 3.63) is 47.1 Å². The number of aliphatic hydroxyl groups excluding tert-OH is 3. The highest BCUT2D eigenvalue weighted by molar-refractivity contribution is 5.89. The van der Waals surface area contributed by atoms with Gasteiger partial charge in [0.25, 0.3) is 5.69 Å². The van der Waals surface area contributed by atoms with Crippen LogP contribution in [0.4, 0.5) is 0 Å². The zero-order chi connectivity index (χ0) is 20.1. The number of cyclic esters (lactones) is 1. The van der Waals surface area contributed by atoms with Crippen molar-refractivity contribution in [2.75, 3.05) is 19.8 Å². The summed E-state index contributed by atoms with van der Waals surface area (Å²) in [4.78, 5) is 11.9. The highest BCUT2D eigenvalue weighted by atomic mass is 16.8. The number of nitrogens with zero attached hydrogens (tertiary/aromatic N) is 2. The Hall–Kier alpha value is -3.31. The molecule has 28 heavy (non-hydrogen) atoms. The van der Waals surface area contributed by atoms with Gasteiger partial charge in [0, 0.05) is 12.0 Å². The molecule has 0 bridgehead atoms. The first-order valence-corrected chi connectivity index (χ1v) is 8.36. The Kier molecular flexibility index (Phi) is 5.96. The second-order valence-corrected chi connectivity index (χ2v) is 5.79. The SMILES string of the molecule is O=C1OC(C(O)CO)C(O)=C1OCCCOc1no[n+]([O-])c1-c1ccccc1. The molecule has 1 aliphatic rings. The number of esters is 1. The smallest absolute Gasteiger partial charge is 0.402 e. The van der Waals surface area contributed by atoms with Gasteiger partial charge >= 0.3 is 11.8 Å². The number of carbonyl (C=O) groups is 1. The molecule has 0 saturated carbocycles. The van der Waals surface area contributed by atoms with E-state index in [1.165, 1.54) is 0 Å². The summed E-state index contributed by atoms with van der Waals surface area (Å²) >= 11 is 0. The summed E-state index contributed by atoms with van der Waals surface area (Å²) < 4.78 is 19.9. The molecule has 150 valence electrons. The van der Waals surface area contributed by atoms with Crippen LogP contribution in [0.25, 0.3) is 11.3 Å². The molecule has 0 radical (unpaired) electrons. The molecule has 3 rings (SSSR count). The quantitative estimate of drug-likeness (QED) is 0.295.